The van der Waals surface area contributed by atoms with Crippen LogP contribution in [0.2, 0.25) is 0 Å². The first-order chi connectivity index (χ1) is 7.58. The van der Waals surface area contributed by atoms with Gasteiger partial charge in [-0.1, -0.05) is 6.92 Å². The molecular formula is C11H20N4O. The second-order valence-electron chi connectivity index (χ2n) is 3.94. The number of amides is 1. The molecule has 0 aliphatic carbocycles. The molecule has 0 saturated heterocycles. The van der Waals surface area contributed by atoms with Gasteiger partial charge in [-0.15, -0.1) is 0 Å². The Morgan fingerprint density at radius 1 is 1.62 bits per heavy atom. The van der Waals surface area contributed by atoms with Crippen molar-refractivity contribution in [2.75, 3.05) is 0 Å². The summed E-state index contributed by atoms with van der Waals surface area (Å²) in [4.78, 5) is 11.4. The number of aryl methyl sites for hydroxylation is 1. The number of rotatable bonds is 6. The smallest absolute Gasteiger partial charge is 0.239 e. The predicted molar refractivity (Wildman–Crippen MR) is 62.7 cm³/mol. The summed E-state index contributed by atoms with van der Waals surface area (Å²) in [6, 6.07) is -0.197. The first-order valence-corrected chi connectivity index (χ1v) is 5.66. The van der Waals surface area contributed by atoms with Crippen molar-refractivity contribution in [3.8, 4) is 0 Å². The maximum absolute atomic E-state index is 11.4. The lowest BCUT2D eigenvalue weighted by atomic mass is 10.1. The zero-order valence-electron chi connectivity index (χ0n) is 10.1. The van der Waals surface area contributed by atoms with E-state index >= 15 is 0 Å². The summed E-state index contributed by atoms with van der Waals surface area (Å²) < 4.78 is 1.78. The van der Waals surface area contributed by atoms with Crippen LogP contribution in [0.3, 0.4) is 0 Å². The van der Waals surface area contributed by atoms with Gasteiger partial charge in [0.2, 0.25) is 5.91 Å². The van der Waals surface area contributed by atoms with Crippen molar-refractivity contribution < 1.29 is 4.79 Å². The minimum absolute atomic E-state index is 0.252. The van der Waals surface area contributed by atoms with E-state index in [1.165, 1.54) is 0 Å². The quantitative estimate of drug-likeness (QED) is 0.751. The number of carbonyl (C=O) groups is 1. The van der Waals surface area contributed by atoms with Gasteiger partial charge in [0.25, 0.3) is 0 Å². The van der Waals surface area contributed by atoms with Gasteiger partial charge in [-0.25, -0.2) is 0 Å². The second-order valence-corrected chi connectivity index (χ2v) is 3.94. The summed E-state index contributed by atoms with van der Waals surface area (Å²) >= 11 is 0. The second kappa shape index (κ2) is 5.65. The molecule has 1 amide bonds. The molecular weight excluding hydrogens is 204 g/mol. The van der Waals surface area contributed by atoms with Crippen molar-refractivity contribution >= 4 is 5.91 Å². The summed E-state index contributed by atoms with van der Waals surface area (Å²) in [7, 11) is 0. The zero-order valence-corrected chi connectivity index (χ0v) is 10.1. The average molecular weight is 224 g/mol. The molecule has 2 unspecified atom stereocenters. The minimum atomic E-state index is -0.449. The van der Waals surface area contributed by atoms with Crippen LogP contribution in [0.5, 0.6) is 0 Å². The van der Waals surface area contributed by atoms with Crippen LogP contribution < -0.4 is 11.1 Å². The van der Waals surface area contributed by atoms with Crippen molar-refractivity contribution in [1.29, 1.82) is 0 Å². The number of nitrogens with two attached hydrogens (primary N) is 1. The molecule has 0 aliphatic rings. The molecule has 5 heteroatoms. The van der Waals surface area contributed by atoms with E-state index in [4.69, 9.17) is 5.73 Å². The number of hydrogen-bond acceptors (Lipinski definition) is 3. The average Bonchev–Trinajstić information content (AvgIpc) is 2.73. The first-order valence-electron chi connectivity index (χ1n) is 5.66. The van der Waals surface area contributed by atoms with Crippen molar-refractivity contribution in [2.24, 2.45) is 5.73 Å². The Bertz CT molecular complexity index is 348. The Kier molecular flexibility index (Phi) is 4.49. The molecule has 0 aliphatic heterocycles. The Morgan fingerprint density at radius 2 is 2.31 bits per heavy atom. The molecule has 1 heterocycles. The molecule has 1 aromatic rings. The van der Waals surface area contributed by atoms with Crippen LogP contribution >= 0.6 is 0 Å². The Hall–Kier alpha value is -1.36. The lowest BCUT2D eigenvalue weighted by Gasteiger charge is -2.18. The molecule has 0 spiro atoms. The minimum Gasteiger partial charge on any atom is -0.368 e. The number of nitrogens with one attached hydrogen (secondary N) is 1. The van der Waals surface area contributed by atoms with E-state index < -0.39 is 6.04 Å². The third-order valence-electron chi connectivity index (χ3n) is 2.66. The summed E-state index contributed by atoms with van der Waals surface area (Å²) in [5.74, 6) is -0.365. The summed E-state index contributed by atoms with van der Waals surface area (Å²) in [5, 5.41) is 7.33. The largest absolute Gasteiger partial charge is 0.368 e. The van der Waals surface area contributed by atoms with Crippen molar-refractivity contribution in [3.63, 3.8) is 0 Å². The Labute approximate surface area is 96.0 Å². The van der Waals surface area contributed by atoms with E-state index in [1.54, 1.807) is 10.9 Å². The van der Waals surface area contributed by atoms with Gasteiger partial charge in [-0.05, 0) is 20.3 Å². The molecule has 5 nitrogen and oxygen atoms in total. The van der Waals surface area contributed by atoms with Gasteiger partial charge in [-0.2, -0.15) is 5.10 Å². The molecule has 0 aromatic carbocycles. The van der Waals surface area contributed by atoms with Crippen molar-refractivity contribution in [2.45, 2.75) is 45.8 Å². The van der Waals surface area contributed by atoms with Crippen LogP contribution in [0.1, 0.15) is 38.8 Å². The fourth-order valence-electron chi connectivity index (χ4n) is 1.45. The molecule has 0 bridgehead atoms. The van der Waals surface area contributed by atoms with E-state index in [1.807, 2.05) is 20.0 Å². The summed E-state index contributed by atoms with van der Waals surface area (Å²) in [6.45, 7) is 6.87. The fourth-order valence-corrected chi connectivity index (χ4v) is 1.45. The van der Waals surface area contributed by atoms with Crippen LogP contribution in [0.15, 0.2) is 12.4 Å². The molecule has 1 aromatic heterocycles. The third kappa shape index (κ3) is 3.06. The highest BCUT2D eigenvalue weighted by Gasteiger charge is 2.20. The zero-order chi connectivity index (χ0) is 12.1. The van der Waals surface area contributed by atoms with E-state index in [2.05, 4.69) is 17.3 Å². The topological polar surface area (TPSA) is 72.9 Å². The standard InChI is InChI=1S/C11H20N4O/c1-4-8(3)14-10(11(12)16)9-6-13-15(5-2)7-9/h6-8,10,14H,4-5H2,1-3H3,(H2,12,16). The Morgan fingerprint density at radius 3 is 2.75 bits per heavy atom. The van der Waals surface area contributed by atoms with Crippen molar-refractivity contribution in [3.05, 3.63) is 18.0 Å². The third-order valence-corrected chi connectivity index (χ3v) is 2.66. The van der Waals surface area contributed by atoms with E-state index in [0.29, 0.717) is 0 Å². The van der Waals surface area contributed by atoms with E-state index in [0.717, 1.165) is 18.5 Å². The van der Waals surface area contributed by atoms with E-state index in [9.17, 15) is 4.79 Å². The van der Waals surface area contributed by atoms with Crippen molar-refractivity contribution in [1.82, 2.24) is 15.1 Å². The molecule has 2 atom stereocenters. The lowest BCUT2D eigenvalue weighted by molar-refractivity contribution is -0.120. The normalized spacial score (nSPS) is 14.7. The molecule has 0 saturated carbocycles. The van der Waals surface area contributed by atoms with Gasteiger partial charge in [0, 0.05) is 24.3 Å². The number of hydrogen-bond donors (Lipinski definition) is 2. The van der Waals surface area contributed by atoms with E-state index in [-0.39, 0.29) is 11.9 Å². The van der Waals surface area contributed by atoms with Gasteiger partial charge >= 0.3 is 0 Å². The monoisotopic (exact) mass is 224 g/mol. The SMILES string of the molecule is CCC(C)NC(C(N)=O)c1cnn(CC)c1. The molecule has 0 fully saturated rings. The fraction of sp³-hybridized carbons (Fsp3) is 0.636. The van der Waals surface area contributed by atoms with Gasteiger partial charge in [0.1, 0.15) is 6.04 Å². The van der Waals surface area contributed by atoms with Crippen LogP contribution in [0, 0.1) is 0 Å². The van der Waals surface area contributed by atoms with Crippen LogP contribution in [-0.2, 0) is 11.3 Å². The van der Waals surface area contributed by atoms with Gasteiger partial charge in [-0.3, -0.25) is 14.8 Å². The number of primary amides is 1. The van der Waals surface area contributed by atoms with Crippen LogP contribution in [0.4, 0.5) is 0 Å². The first kappa shape index (κ1) is 12.7. The number of carbonyl (C=O) groups excluding carboxylic acids is 1. The van der Waals surface area contributed by atoms with Crippen LogP contribution in [-0.4, -0.2) is 21.7 Å². The Balaban J connectivity index is 2.81. The highest BCUT2D eigenvalue weighted by atomic mass is 16.1. The van der Waals surface area contributed by atoms with Crippen LogP contribution in [0.25, 0.3) is 0 Å². The molecule has 1 rings (SSSR count). The lowest BCUT2D eigenvalue weighted by Crippen LogP contribution is -2.38. The maximum atomic E-state index is 11.4. The molecule has 3 N–H and O–H groups in total. The number of aromatic nitrogens is 2. The maximum Gasteiger partial charge on any atom is 0.239 e. The molecule has 90 valence electrons. The van der Waals surface area contributed by atoms with Gasteiger partial charge in [0.15, 0.2) is 0 Å². The highest BCUT2D eigenvalue weighted by molar-refractivity contribution is 5.81. The highest BCUT2D eigenvalue weighted by Crippen LogP contribution is 2.13. The number of nitrogens with zero attached hydrogens (tertiary/aromatic N) is 2. The van der Waals surface area contributed by atoms with Gasteiger partial charge < -0.3 is 5.73 Å². The molecule has 16 heavy (non-hydrogen) atoms. The van der Waals surface area contributed by atoms with Gasteiger partial charge in [0.05, 0.1) is 6.20 Å². The summed E-state index contributed by atoms with van der Waals surface area (Å²) in [5.41, 5.74) is 6.21. The molecule has 0 radical (unpaired) electrons. The predicted octanol–water partition coefficient (Wildman–Crippen LogP) is 0.817. The summed E-state index contributed by atoms with van der Waals surface area (Å²) in [6.07, 6.45) is 4.49.